The van der Waals surface area contributed by atoms with E-state index in [0.717, 1.165) is 0 Å². The minimum atomic E-state index is 0.194. The summed E-state index contributed by atoms with van der Waals surface area (Å²) < 4.78 is 0. The Morgan fingerprint density at radius 1 is 1.00 bits per heavy atom. The maximum atomic E-state index is 4.76. The maximum absolute atomic E-state index is 4.76. The van der Waals surface area contributed by atoms with Crippen molar-refractivity contribution in [3.05, 3.63) is 35.4 Å². The third kappa shape index (κ3) is 2.69. The fourth-order valence-electron chi connectivity index (χ4n) is 1.51. The maximum Gasteiger partial charge on any atom is 0.0967 e. The summed E-state index contributed by atoms with van der Waals surface area (Å²) in [5, 5.41) is 0.194. The highest BCUT2D eigenvalue weighted by Crippen LogP contribution is 2.20. The van der Waals surface area contributed by atoms with Gasteiger partial charge in [0.15, 0.2) is 0 Å². The largest absolute Gasteiger partial charge is 0.109 e. The molecule has 1 aliphatic rings. The van der Waals surface area contributed by atoms with E-state index in [2.05, 4.69) is 24.3 Å². The van der Waals surface area contributed by atoms with E-state index in [-0.39, 0.29) is 5.34 Å². The van der Waals surface area contributed by atoms with Crippen LogP contribution >= 0.6 is 23.2 Å². The van der Waals surface area contributed by atoms with E-state index in [9.17, 15) is 0 Å². The summed E-state index contributed by atoms with van der Waals surface area (Å²) in [6.45, 7) is 0. The topological polar surface area (TPSA) is 0 Å². The lowest BCUT2D eigenvalue weighted by Gasteiger charge is -1.93. The molecule has 0 heterocycles. The van der Waals surface area contributed by atoms with Crippen molar-refractivity contribution in [1.29, 1.82) is 0 Å². The number of hydrogen-bond donors (Lipinski definition) is 0. The highest BCUT2D eigenvalue weighted by molar-refractivity contribution is 6.40. The predicted molar refractivity (Wildman–Crippen MR) is 55.0 cm³/mol. The summed E-state index contributed by atoms with van der Waals surface area (Å²) in [6, 6.07) is 8.74. The van der Waals surface area contributed by atoms with E-state index in [0.29, 0.717) is 0 Å². The molecule has 0 unspecified atom stereocenters. The molecule has 0 aliphatic heterocycles. The Morgan fingerprint density at radius 3 is 1.83 bits per heavy atom. The van der Waals surface area contributed by atoms with E-state index in [1.165, 1.54) is 19.3 Å². The van der Waals surface area contributed by atoms with Crippen molar-refractivity contribution in [2.45, 2.75) is 19.3 Å². The van der Waals surface area contributed by atoms with Crippen molar-refractivity contribution in [2.24, 2.45) is 0 Å². The van der Waals surface area contributed by atoms with Crippen LogP contribution in [0.3, 0.4) is 0 Å². The summed E-state index contributed by atoms with van der Waals surface area (Å²) in [5.74, 6) is 0. The number of aryl methyl sites for hydroxylation is 2. The Kier molecular flexibility index (Phi) is 4.49. The molecule has 0 radical (unpaired) electrons. The molecule has 0 bridgehead atoms. The average Bonchev–Trinajstić information content (AvgIpc) is 2.52. The number of rotatable bonds is 0. The van der Waals surface area contributed by atoms with Gasteiger partial charge in [0, 0.05) is 0 Å². The molecule has 0 atom stereocenters. The first-order valence-electron chi connectivity index (χ1n) is 4.07. The van der Waals surface area contributed by atoms with E-state index in [1.54, 1.807) is 11.1 Å². The van der Waals surface area contributed by atoms with Crippen molar-refractivity contribution in [2.75, 3.05) is 5.34 Å². The third-order valence-electron chi connectivity index (χ3n) is 2.01. The Labute approximate surface area is 83.5 Å². The molecular formula is C10H12Cl2. The number of halogens is 2. The van der Waals surface area contributed by atoms with Crippen LogP contribution in [0, 0.1) is 0 Å². The van der Waals surface area contributed by atoms with Crippen LogP contribution in [0.25, 0.3) is 0 Å². The quantitative estimate of drug-likeness (QED) is 0.565. The Balaban J connectivity index is 0.000000213. The Morgan fingerprint density at radius 2 is 1.42 bits per heavy atom. The van der Waals surface area contributed by atoms with Crippen molar-refractivity contribution < 1.29 is 0 Å². The van der Waals surface area contributed by atoms with Crippen molar-refractivity contribution in [1.82, 2.24) is 0 Å². The lowest BCUT2D eigenvalue weighted by molar-refractivity contribution is 0.912. The lowest BCUT2D eigenvalue weighted by Crippen LogP contribution is -1.77. The summed E-state index contributed by atoms with van der Waals surface area (Å²) >= 11 is 9.53. The second kappa shape index (κ2) is 5.45. The smallest absolute Gasteiger partial charge is 0.0967 e. The summed E-state index contributed by atoms with van der Waals surface area (Å²) in [4.78, 5) is 0. The SMILES string of the molecule is ClCCl.c1ccc2c(c1)CCC2. The molecule has 1 aliphatic carbocycles. The van der Waals surface area contributed by atoms with E-state index in [4.69, 9.17) is 23.2 Å². The highest BCUT2D eigenvalue weighted by Gasteiger charge is 2.07. The molecule has 0 saturated carbocycles. The molecule has 0 amide bonds. The zero-order valence-corrected chi connectivity index (χ0v) is 8.41. The van der Waals surface area contributed by atoms with Crippen molar-refractivity contribution >= 4 is 23.2 Å². The predicted octanol–water partition coefficient (Wildman–Crippen LogP) is 3.60. The van der Waals surface area contributed by atoms with Gasteiger partial charge in [0.1, 0.15) is 0 Å². The zero-order chi connectivity index (χ0) is 8.81. The Hall–Kier alpha value is -0.200. The standard InChI is InChI=1S/C9H10.CH2Cl2/c1-2-5-9-7-3-6-8(9)4-1;2-1-3/h1-2,4-5H,3,6-7H2;1H2. The van der Waals surface area contributed by atoms with Crippen LogP contribution in [-0.2, 0) is 12.8 Å². The van der Waals surface area contributed by atoms with Gasteiger partial charge in [-0.3, -0.25) is 0 Å². The molecule has 66 valence electrons. The molecule has 0 saturated heterocycles. The van der Waals surface area contributed by atoms with Crippen LogP contribution in [0.1, 0.15) is 17.5 Å². The fraction of sp³-hybridized carbons (Fsp3) is 0.400. The van der Waals surface area contributed by atoms with Gasteiger partial charge in [0.05, 0.1) is 5.34 Å². The first-order chi connectivity index (χ1) is 5.88. The van der Waals surface area contributed by atoms with Crippen LogP contribution in [0.4, 0.5) is 0 Å². The van der Waals surface area contributed by atoms with Crippen LogP contribution in [0.15, 0.2) is 24.3 Å². The third-order valence-corrected chi connectivity index (χ3v) is 2.01. The summed E-state index contributed by atoms with van der Waals surface area (Å²) in [7, 11) is 0. The van der Waals surface area contributed by atoms with Crippen molar-refractivity contribution in [3.8, 4) is 0 Å². The van der Waals surface area contributed by atoms with E-state index >= 15 is 0 Å². The number of benzene rings is 1. The Bertz CT molecular complexity index is 210. The molecule has 0 nitrogen and oxygen atoms in total. The highest BCUT2D eigenvalue weighted by atomic mass is 35.5. The van der Waals surface area contributed by atoms with Crippen LogP contribution in [0.2, 0.25) is 0 Å². The van der Waals surface area contributed by atoms with E-state index < -0.39 is 0 Å². The zero-order valence-electron chi connectivity index (χ0n) is 6.89. The lowest BCUT2D eigenvalue weighted by atomic mass is 10.1. The van der Waals surface area contributed by atoms with Gasteiger partial charge in [-0.1, -0.05) is 24.3 Å². The molecule has 0 spiro atoms. The molecule has 2 heteroatoms. The van der Waals surface area contributed by atoms with Gasteiger partial charge < -0.3 is 0 Å². The van der Waals surface area contributed by atoms with Crippen molar-refractivity contribution in [3.63, 3.8) is 0 Å². The number of fused-ring (bicyclic) bond motifs is 1. The fourth-order valence-corrected chi connectivity index (χ4v) is 1.51. The molecule has 1 aromatic rings. The second-order valence-corrected chi connectivity index (χ2v) is 3.53. The molecule has 0 aromatic heterocycles. The molecule has 12 heavy (non-hydrogen) atoms. The minimum absolute atomic E-state index is 0.194. The van der Waals surface area contributed by atoms with Gasteiger partial charge in [-0.25, -0.2) is 0 Å². The molecule has 2 rings (SSSR count). The summed E-state index contributed by atoms with van der Waals surface area (Å²) in [5.41, 5.74) is 3.13. The molecule has 0 N–H and O–H groups in total. The molecule has 0 fully saturated rings. The van der Waals surface area contributed by atoms with Gasteiger partial charge in [-0.2, -0.15) is 0 Å². The van der Waals surface area contributed by atoms with Gasteiger partial charge >= 0.3 is 0 Å². The van der Waals surface area contributed by atoms with Gasteiger partial charge in [-0.15, -0.1) is 23.2 Å². The first-order valence-corrected chi connectivity index (χ1v) is 5.14. The number of hydrogen-bond acceptors (Lipinski definition) is 0. The van der Waals surface area contributed by atoms with Gasteiger partial charge in [-0.05, 0) is 30.4 Å². The average molecular weight is 203 g/mol. The minimum Gasteiger partial charge on any atom is -0.109 e. The normalized spacial score (nSPS) is 13.2. The first kappa shape index (κ1) is 9.88. The van der Waals surface area contributed by atoms with Crippen LogP contribution < -0.4 is 0 Å². The molecule has 1 aromatic carbocycles. The van der Waals surface area contributed by atoms with Gasteiger partial charge in [0.2, 0.25) is 0 Å². The van der Waals surface area contributed by atoms with E-state index in [1.807, 2.05) is 0 Å². The summed E-state index contributed by atoms with van der Waals surface area (Å²) in [6.07, 6.45) is 3.96. The molecular weight excluding hydrogens is 191 g/mol. The van der Waals surface area contributed by atoms with Crippen LogP contribution in [-0.4, -0.2) is 5.34 Å². The second-order valence-electron chi connectivity index (χ2n) is 2.72. The van der Waals surface area contributed by atoms with Crippen LogP contribution in [0.5, 0.6) is 0 Å². The monoisotopic (exact) mass is 202 g/mol. The number of alkyl halides is 2. The van der Waals surface area contributed by atoms with Gasteiger partial charge in [0.25, 0.3) is 0 Å².